The molecule has 1 heterocycles. The van der Waals surface area contributed by atoms with Gasteiger partial charge >= 0.3 is 6.36 Å². The number of pyridine rings is 1. The summed E-state index contributed by atoms with van der Waals surface area (Å²) in [7, 11) is -4.30. The summed E-state index contributed by atoms with van der Waals surface area (Å²) in [6, 6.07) is 1.75. The highest BCUT2D eigenvalue weighted by molar-refractivity contribution is 7.90. The van der Waals surface area contributed by atoms with E-state index < -0.39 is 33.1 Å². The van der Waals surface area contributed by atoms with Gasteiger partial charge in [0.05, 0.1) is 6.20 Å². The Morgan fingerprint density at radius 3 is 2.48 bits per heavy atom. The summed E-state index contributed by atoms with van der Waals surface area (Å²) in [5.41, 5.74) is 0.737. The molecule has 0 saturated heterocycles. The molecule has 4 saturated carbocycles. The molecule has 1 aromatic rings. The molecule has 4 aliphatic rings. The average Bonchev–Trinajstić information content (AvgIpc) is 3.27. The van der Waals surface area contributed by atoms with Crippen molar-refractivity contribution in [2.75, 3.05) is 0 Å². The number of halogens is 3. The van der Waals surface area contributed by atoms with E-state index in [4.69, 9.17) is 0 Å². The van der Waals surface area contributed by atoms with Gasteiger partial charge in [-0.2, -0.15) is 8.42 Å². The molecule has 0 bridgehead atoms. The van der Waals surface area contributed by atoms with Gasteiger partial charge in [0.15, 0.2) is 5.03 Å². The zero-order valence-corrected chi connectivity index (χ0v) is 26.2. The van der Waals surface area contributed by atoms with Crippen LogP contribution >= 0.6 is 0 Å². The van der Waals surface area contributed by atoms with Crippen molar-refractivity contribution in [3.8, 4) is 5.75 Å². The van der Waals surface area contributed by atoms with Crippen LogP contribution in [0.15, 0.2) is 23.4 Å². The molecule has 1 amide bonds. The van der Waals surface area contributed by atoms with E-state index in [9.17, 15) is 26.4 Å². The SMILES string of the molecule is CC[C@H]1CC2C3CC[C@H]([C@H](C)CCC(=O)NS(=O)(=O)c4ccc(OC(F)(F)F)cn4)[C@@]3(C)CCC2[C@@]2(C)CCCC[C@@H]12. The lowest BCUT2D eigenvalue weighted by molar-refractivity contribution is -0.274. The first-order chi connectivity index (χ1) is 19.7. The van der Waals surface area contributed by atoms with Crippen LogP contribution in [-0.2, 0) is 14.8 Å². The highest BCUT2D eigenvalue weighted by atomic mass is 32.2. The third-order valence-electron chi connectivity index (χ3n) is 12.3. The summed E-state index contributed by atoms with van der Waals surface area (Å²) < 4.78 is 68.2. The summed E-state index contributed by atoms with van der Waals surface area (Å²) in [4.78, 5) is 16.3. The first kappa shape index (κ1) is 31.6. The summed E-state index contributed by atoms with van der Waals surface area (Å²) in [6.45, 7) is 9.73. The Bertz CT molecular complexity index is 1240. The van der Waals surface area contributed by atoms with Gasteiger partial charge in [-0.1, -0.05) is 47.0 Å². The van der Waals surface area contributed by atoms with E-state index in [2.05, 4.69) is 37.4 Å². The molecule has 5 rings (SSSR count). The fourth-order valence-corrected chi connectivity index (χ4v) is 11.5. The minimum absolute atomic E-state index is 0.0661. The van der Waals surface area contributed by atoms with Gasteiger partial charge in [0.2, 0.25) is 5.91 Å². The monoisotopic (exact) mass is 612 g/mol. The zero-order valence-electron chi connectivity index (χ0n) is 25.4. The molecule has 0 spiro atoms. The molecule has 6 nitrogen and oxygen atoms in total. The van der Waals surface area contributed by atoms with Crippen molar-refractivity contribution in [3.05, 3.63) is 18.3 Å². The van der Waals surface area contributed by atoms with Crippen molar-refractivity contribution in [1.82, 2.24) is 9.71 Å². The van der Waals surface area contributed by atoms with E-state index in [1.165, 1.54) is 64.2 Å². The zero-order chi connectivity index (χ0) is 30.5. The number of sulfonamides is 1. The van der Waals surface area contributed by atoms with Gasteiger partial charge in [-0.25, -0.2) is 9.71 Å². The molecule has 4 aliphatic carbocycles. The molecule has 0 aliphatic heterocycles. The lowest BCUT2D eigenvalue weighted by Gasteiger charge is -2.63. The molecule has 1 N–H and O–H groups in total. The van der Waals surface area contributed by atoms with Crippen LogP contribution < -0.4 is 9.46 Å². The maximum atomic E-state index is 12.7. The first-order valence-corrected chi connectivity index (χ1v) is 17.4. The van der Waals surface area contributed by atoms with Crippen LogP contribution in [0.4, 0.5) is 13.2 Å². The molecule has 1 aromatic heterocycles. The number of aromatic nitrogens is 1. The Kier molecular flexibility index (Phi) is 8.71. The Hall–Kier alpha value is -1.84. The Morgan fingerprint density at radius 2 is 1.81 bits per heavy atom. The molecule has 9 atom stereocenters. The third kappa shape index (κ3) is 5.94. The number of carbonyl (C=O) groups is 1. The summed E-state index contributed by atoms with van der Waals surface area (Å²) in [5, 5.41) is -0.534. The van der Waals surface area contributed by atoms with E-state index in [1.54, 1.807) is 0 Å². The summed E-state index contributed by atoms with van der Waals surface area (Å²) in [5.74, 6) is 3.59. The quantitative estimate of drug-likeness (QED) is 0.323. The standard InChI is InChI=1S/C32H47F3N2O4S/c1-5-21-18-23-26-12-11-24(31(26,4)17-15-27(23)30(3)16-7-6-8-25(21)30)20(2)9-13-28(38)37-42(39,40)29-14-10-22(19-36-29)41-32(33,34)35/h10,14,19-21,23-27H,5-9,11-13,15-18H2,1-4H3,(H,37,38)/t20-,21+,23?,24-,25+,26?,27?,30+,31-/m1/s1. The van der Waals surface area contributed by atoms with Crippen LogP contribution in [0.1, 0.15) is 105 Å². The predicted molar refractivity (Wildman–Crippen MR) is 154 cm³/mol. The number of amides is 1. The molecule has 0 aromatic carbocycles. The van der Waals surface area contributed by atoms with Gasteiger partial charge < -0.3 is 4.74 Å². The second kappa shape index (κ2) is 11.6. The van der Waals surface area contributed by atoms with Crippen LogP contribution in [-0.4, -0.2) is 25.7 Å². The molecular weight excluding hydrogens is 565 g/mol. The smallest absolute Gasteiger partial charge is 0.404 e. The number of hydrogen-bond donors (Lipinski definition) is 1. The van der Waals surface area contributed by atoms with E-state index >= 15 is 0 Å². The number of nitrogens with one attached hydrogen (secondary N) is 1. The van der Waals surface area contributed by atoms with Crippen molar-refractivity contribution in [3.63, 3.8) is 0 Å². The minimum atomic E-state index is -4.91. The average molecular weight is 613 g/mol. The number of rotatable bonds is 8. The summed E-state index contributed by atoms with van der Waals surface area (Å²) in [6.07, 6.45) is 9.61. The second-order valence-electron chi connectivity index (χ2n) is 14.3. The second-order valence-corrected chi connectivity index (χ2v) is 15.9. The van der Waals surface area contributed by atoms with Crippen LogP contribution in [0.25, 0.3) is 0 Å². The van der Waals surface area contributed by atoms with Gasteiger partial charge in [-0.3, -0.25) is 4.79 Å². The van der Waals surface area contributed by atoms with E-state index in [0.717, 1.165) is 41.7 Å². The van der Waals surface area contributed by atoms with Crippen LogP contribution in [0.5, 0.6) is 5.75 Å². The third-order valence-corrected chi connectivity index (χ3v) is 13.6. The molecular formula is C32H47F3N2O4S. The highest BCUT2D eigenvalue weighted by Crippen LogP contribution is 2.69. The Balaban J connectivity index is 1.19. The van der Waals surface area contributed by atoms with Crippen molar-refractivity contribution >= 4 is 15.9 Å². The van der Waals surface area contributed by atoms with Gasteiger partial charge in [-0.05, 0) is 116 Å². The van der Waals surface area contributed by atoms with Crippen molar-refractivity contribution in [2.45, 2.75) is 116 Å². The van der Waals surface area contributed by atoms with E-state index in [0.29, 0.717) is 24.0 Å². The Labute approximate surface area is 249 Å². The Morgan fingerprint density at radius 1 is 1.07 bits per heavy atom. The maximum absolute atomic E-state index is 12.7. The minimum Gasteiger partial charge on any atom is -0.404 e. The fraction of sp³-hybridized carbons (Fsp3) is 0.812. The van der Waals surface area contributed by atoms with Crippen molar-refractivity contribution < 1.29 is 31.1 Å². The van der Waals surface area contributed by atoms with Gasteiger partial charge in [0.1, 0.15) is 5.75 Å². The van der Waals surface area contributed by atoms with Crippen molar-refractivity contribution in [1.29, 1.82) is 0 Å². The van der Waals surface area contributed by atoms with Gasteiger partial charge in [0, 0.05) is 6.42 Å². The normalized spacial score (nSPS) is 37.2. The van der Waals surface area contributed by atoms with Crippen LogP contribution in [0, 0.1) is 52.3 Å². The maximum Gasteiger partial charge on any atom is 0.573 e. The largest absolute Gasteiger partial charge is 0.573 e. The number of carbonyl (C=O) groups excluding carboxylic acids is 1. The van der Waals surface area contributed by atoms with Gasteiger partial charge in [-0.15, -0.1) is 13.2 Å². The highest BCUT2D eigenvalue weighted by Gasteiger charge is 2.61. The predicted octanol–water partition coefficient (Wildman–Crippen LogP) is 7.89. The van der Waals surface area contributed by atoms with Gasteiger partial charge in [0.25, 0.3) is 10.0 Å². The lowest BCUT2D eigenvalue weighted by atomic mass is 9.42. The topological polar surface area (TPSA) is 85.4 Å². The van der Waals surface area contributed by atoms with Crippen LogP contribution in [0.2, 0.25) is 0 Å². The molecule has 3 unspecified atom stereocenters. The molecule has 42 heavy (non-hydrogen) atoms. The molecule has 236 valence electrons. The number of nitrogens with zero attached hydrogens (tertiary/aromatic N) is 1. The molecule has 0 radical (unpaired) electrons. The lowest BCUT2D eigenvalue weighted by Crippen LogP contribution is -2.55. The van der Waals surface area contributed by atoms with Crippen molar-refractivity contribution in [2.24, 2.45) is 52.3 Å². The fourth-order valence-electron chi connectivity index (χ4n) is 10.5. The van der Waals surface area contributed by atoms with E-state index in [1.807, 2.05) is 4.72 Å². The summed E-state index contributed by atoms with van der Waals surface area (Å²) >= 11 is 0. The van der Waals surface area contributed by atoms with E-state index in [-0.39, 0.29) is 17.8 Å². The van der Waals surface area contributed by atoms with Crippen LogP contribution in [0.3, 0.4) is 0 Å². The molecule has 10 heteroatoms. The number of alkyl halides is 3. The number of ether oxygens (including phenoxy) is 1. The number of fused-ring (bicyclic) bond motifs is 5. The number of hydrogen-bond acceptors (Lipinski definition) is 5. The molecule has 4 fully saturated rings. The first-order valence-electron chi connectivity index (χ1n) is 16.0.